The molecule has 5 heteroatoms. The first-order valence-electron chi connectivity index (χ1n) is 26.7. The molecule has 0 aliphatic rings. The molecule has 66 heavy (non-hydrogen) atoms. The second-order valence-electron chi connectivity index (χ2n) is 17.0. The number of allylic oxidation sites excluding steroid dienone is 22. The standard InChI is InChI=1S/C61H98O5/c1-4-7-10-13-16-19-22-25-28-30-32-35-38-41-44-47-50-53-56-64-57-59(66-61(63)55-52-49-46-43-40-37-33-27-24-21-18-15-12-9-6-3)58-65-60(62)54-51-48-45-42-39-36-34-31-29-26-23-20-17-14-11-8-5-2/h7-12,16-21,25-29,32-33,35,41,44,59H,4-6,13-15,22-24,30-31,34,36-40,42-43,45-58H2,1-3H3/b10-7-,11-8-,12-9-,19-16-,20-17-,21-18-,28-25-,29-26-,33-27-,35-32-,44-41-. The molecule has 0 aliphatic heterocycles. The van der Waals surface area contributed by atoms with E-state index in [4.69, 9.17) is 14.2 Å². The van der Waals surface area contributed by atoms with Crippen LogP contribution in [0, 0.1) is 0 Å². The van der Waals surface area contributed by atoms with Gasteiger partial charge in [0.15, 0.2) is 6.10 Å². The van der Waals surface area contributed by atoms with Gasteiger partial charge in [-0.3, -0.25) is 9.59 Å². The van der Waals surface area contributed by atoms with Gasteiger partial charge in [-0.05, 0) is 128 Å². The van der Waals surface area contributed by atoms with E-state index < -0.39 is 6.10 Å². The average Bonchev–Trinajstić information content (AvgIpc) is 3.32. The largest absolute Gasteiger partial charge is 0.462 e. The second-order valence-corrected chi connectivity index (χ2v) is 17.0. The van der Waals surface area contributed by atoms with E-state index >= 15 is 0 Å². The number of carbonyl (C=O) groups excluding carboxylic acids is 2. The van der Waals surface area contributed by atoms with E-state index in [-0.39, 0.29) is 25.2 Å². The zero-order chi connectivity index (χ0) is 47.7. The van der Waals surface area contributed by atoms with Gasteiger partial charge < -0.3 is 14.2 Å². The molecule has 372 valence electrons. The molecular formula is C61H98O5. The van der Waals surface area contributed by atoms with E-state index in [0.717, 1.165) is 141 Å². The Balaban J connectivity index is 4.43. The summed E-state index contributed by atoms with van der Waals surface area (Å²) in [5.41, 5.74) is 0. The molecule has 1 atom stereocenters. The van der Waals surface area contributed by atoms with Crippen molar-refractivity contribution < 1.29 is 23.8 Å². The Labute approximate surface area is 407 Å². The minimum absolute atomic E-state index is 0.0465. The summed E-state index contributed by atoms with van der Waals surface area (Å²) < 4.78 is 17.4. The summed E-state index contributed by atoms with van der Waals surface area (Å²) in [4.78, 5) is 25.5. The van der Waals surface area contributed by atoms with Crippen molar-refractivity contribution in [3.8, 4) is 0 Å². The molecule has 0 radical (unpaired) electrons. The fraction of sp³-hybridized carbons (Fsp3) is 0.607. The van der Waals surface area contributed by atoms with Crippen LogP contribution in [0.25, 0.3) is 0 Å². The number of carbonyl (C=O) groups is 2. The van der Waals surface area contributed by atoms with Crippen LogP contribution in [0.2, 0.25) is 0 Å². The summed E-state index contributed by atoms with van der Waals surface area (Å²) in [6, 6.07) is 0. The Hall–Kier alpha value is -3.96. The van der Waals surface area contributed by atoms with Crippen molar-refractivity contribution in [2.75, 3.05) is 19.8 Å². The monoisotopic (exact) mass is 911 g/mol. The lowest BCUT2D eigenvalue weighted by Gasteiger charge is -2.18. The third-order valence-electron chi connectivity index (χ3n) is 10.7. The van der Waals surface area contributed by atoms with E-state index in [2.05, 4.69) is 154 Å². The Bertz CT molecular complexity index is 1400. The van der Waals surface area contributed by atoms with Gasteiger partial charge in [-0.15, -0.1) is 0 Å². The van der Waals surface area contributed by atoms with Gasteiger partial charge in [-0.2, -0.15) is 0 Å². The molecule has 0 rings (SSSR count). The molecule has 0 fully saturated rings. The number of hydrogen-bond acceptors (Lipinski definition) is 5. The predicted octanol–water partition coefficient (Wildman–Crippen LogP) is 18.3. The molecule has 0 saturated carbocycles. The van der Waals surface area contributed by atoms with Crippen molar-refractivity contribution in [1.82, 2.24) is 0 Å². The minimum Gasteiger partial charge on any atom is -0.462 e. The van der Waals surface area contributed by atoms with Gasteiger partial charge in [0, 0.05) is 19.4 Å². The summed E-state index contributed by atoms with van der Waals surface area (Å²) in [5, 5.41) is 0. The van der Waals surface area contributed by atoms with Crippen LogP contribution in [0.15, 0.2) is 134 Å². The van der Waals surface area contributed by atoms with Crippen LogP contribution >= 0.6 is 0 Å². The fourth-order valence-electron chi connectivity index (χ4n) is 6.80. The van der Waals surface area contributed by atoms with Crippen molar-refractivity contribution in [2.24, 2.45) is 0 Å². The summed E-state index contributed by atoms with van der Waals surface area (Å²) >= 11 is 0. The molecule has 0 aromatic rings. The van der Waals surface area contributed by atoms with Crippen LogP contribution in [-0.2, 0) is 23.8 Å². The minimum atomic E-state index is -0.582. The second kappa shape index (κ2) is 55.4. The maximum absolute atomic E-state index is 12.8. The van der Waals surface area contributed by atoms with Gasteiger partial charge >= 0.3 is 11.9 Å². The van der Waals surface area contributed by atoms with Gasteiger partial charge in [0.2, 0.25) is 0 Å². The van der Waals surface area contributed by atoms with Gasteiger partial charge in [-0.1, -0.05) is 206 Å². The molecule has 0 bridgehead atoms. The summed E-state index contributed by atoms with van der Waals surface area (Å²) in [6.07, 6.45) is 79.0. The fourth-order valence-corrected chi connectivity index (χ4v) is 6.80. The van der Waals surface area contributed by atoms with E-state index in [1.807, 2.05) is 0 Å². The highest BCUT2D eigenvalue weighted by Gasteiger charge is 2.17. The lowest BCUT2D eigenvalue weighted by molar-refractivity contribution is -0.163. The van der Waals surface area contributed by atoms with E-state index in [1.165, 1.54) is 38.5 Å². The Kier molecular flexibility index (Phi) is 52.0. The third-order valence-corrected chi connectivity index (χ3v) is 10.7. The Morgan fingerprint density at radius 3 is 1.02 bits per heavy atom. The number of ether oxygens (including phenoxy) is 3. The molecule has 0 N–H and O–H groups in total. The molecule has 0 aliphatic carbocycles. The van der Waals surface area contributed by atoms with Crippen molar-refractivity contribution in [3.63, 3.8) is 0 Å². The first-order chi connectivity index (χ1) is 32.6. The van der Waals surface area contributed by atoms with Crippen molar-refractivity contribution in [3.05, 3.63) is 134 Å². The first kappa shape index (κ1) is 62.0. The van der Waals surface area contributed by atoms with Gasteiger partial charge in [-0.25, -0.2) is 0 Å². The van der Waals surface area contributed by atoms with Crippen LogP contribution in [0.4, 0.5) is 0 Å². The number of hydrogen-bond donors (Lipinski definition) is 0. The number of unbranched alkanes of at least 4 members (excludes halogenated alkanes) is 14. The van der Waals surface area contributed by atoms with Gasteiger partial charge in [0.1, 0.15) is 6.61 Å². The quantitative estimate of drug-likeness (QED) is 0.0346. The molecule has 0 saturated heterocycles. The van der Waals surface area contributed by atoms with Crippen LogP contribution in [0.5, 0.6) is 0 Å². The topological polar surface area (TPSA) is 61.8 Å². The Morgan fingerprint density at radius 1 is 0.333 bits per heavy atom. The number of rotatable bonds is 47. The van der Waals surface area contributed by atoms with E-state index in [9.17, 15) is 9.59 Å². The average molecular weight is 911 g/mol. The summed E-state index contributed by atoms with van der Waals surface area (Å²) in [5.74, 6) is -0.461. The molecule has 0 aromatic carbocycles. The van der Waals surface area contributed by atoms with Crippen molar-refractivity contribution >= 4 is 11.9 Å². The maximum Gasteiger partial charge on any atom is 0.306 e. The summed E-state index contributed by atoms with van der Waals surface area (Å²) in [7, 11) is 0. The molecule has 0 aromatic heterocycles. The highest BCUT2D eigenvalue weighted by molar-refractivity contribution is 5.70. The summed E-state index contributed by atoms with van der Waals surface area (Å²) in [6.45, 7) is 7.35. The number of esters is 2. The van der Waals surface area contributed by atoms with Crippen molar-refractivity contribution in [2.45, 2.75) is 219 Å². The van der Waals surface area contributed by atoms with Crippen molar-refractivity contribution in [1.29, 1.82) is 0 Å². The van der Waals surface area contributed by atoms with Gasteiger partial charge in [0.05, 0.1) is 6.61 Å². The molecule has 0 heterocycles. The highest BCUT2D eigenvalue weighted by Crippen LogP contribution is 2.13. The normalized spacial score (nSPS) is 13.3. The van der Waals surface area contributed by atoms with Crippen LogP contribution in [0.1, 0.15) is 213 Å². The smallest absolute Gasteiger partial charge is 0.306 e. The van der Waals surface area contributed by atoms with E-state index in [1.54, 1.807) is 0 Å². The van der Waals surface area contributed by atoms with Crippen LogP contribution in [-0.4, -0.2) is 37.9 Å². The third kappa shape index (κ3) is 52.7. The van der Waals surface area contributed by atoms with Crippen LogP contribution < -0.4 is 0 Å². The SMILES string of the molecule is CC/C=C\C/C=C\C/C=C\C/C=C\C/C=C\CCCCOCC(COC(=O)CCCCCCCCC/C=C\C/C=C\C/C=C\CC)OC(=O)CCCCCCC/C=C\C/C=C\C/C=C\CC. The molecule has 1 unspecified atom stereocenters. The van der Waals surface area contributed by atoms with E-state index in [0.29, 0.717) is 19.4 Å². The lowest BCUT2D eigenvalue weighted by atomic mass is 10.1. The zero-order valence-corrected chi connectivity index (χ0v) is 42.7. The molecule has 5 nitrogen and oxygen atoms in total. The molecule has 0 spiro atoms. The highest BCUT2D eigenvalue weighted by atomic mass is 16.6. The predicted molar refractivity (Wildman–Crippen MR) is 288 cm³/mol. The molecular weight excluding hydrogens is 813 g/mol. The Morgan fingerprint density at radius 2 is 0.636 bits per heavy atom. The first-order valence-corrected chi connectivity index (χ1v) is 26.7. The van der Waals surface area contributed by atoms with Crippen LogP contribution in [0.3, 0.4) is 0 Å². The molecule has 0 amide bonds. The maximum atomic E-state index is 12.8. The van der Waals surface area contributed by atoms with Gasteiger partial charge in [0.25, 0.3) is 0 Å². The lowest BCUT2D eigenvalue weighted by Crippen LogP contribution is -2.30. The zero-order valence-electron chi connectivity index (χ0n) is 42.7.